The van der Waals surface area contributed by atoms with Crippen LogP contribution in [-0.2, 0) is 13.2 Å². The second kappa shape index (κ2) is 8.81. The van der Waals surface area contributed by atoms with Crippen LogP contribution >= 0.6 is 0 Å². The van der Waals surface area contributed by atoms with Crippen LogP contribution in [0.1, 0.15) is 43.8 Å². The number of para-hydroxylation sites is 1. The van der Waals surface area contributed by atoms with E-state index >= 15 is 0 Å². The SMILES string of the molecule is C=CCC1(CC=C)CCCCN1Cc1nc(COc2ccccc2)no1. The van der Waals surface area contributed by atoms with Gasteiger partial charge in [-0.25, -0.2) is 0 Å². The monoisotopic (exact) mass is 353 g/mol. The third kappa shape index (κ3) is 4.41. The second-order valence-electron chi connectivity index (χ2n) is 6.79. The van der Waals surface area contributed by atoms with E-state index in [2.05, 4.69) is 28.2 Å². The van der Waals surface area contributed by atoms with E-state index in [0.29, 0.717) is 24.9 Å². The van der Waals surface area contributed by atoms with Gasteiger partial charge >= 0.3 is 0 Å². The van der Waals surface area contributed by atoms with Crippen molar-refractivity contribution in [3.8, 4) is 5.75 Å². The van der Waals surface area contributed by atoms with Gasteiger partial charge in [0.1, 0.15) is 5.75 Å². The van der Waals surface area contributed by atoms with Gasteiger partial charge in [-0.05, 0) is 44.4 Å². The highest BCUT2D eigenvalue weighted by atomic mass is 16.5. The third-order valence-electron chi connectivity index (χ3n) is 4.99. The Balaban J connectivity index is 1.64. The summed E-state index contributed by atoms with van der Waals surface area (Å²) in [6, 6.07) is 9.65. The van der Waals surface area contributed by atoms with Crippen LogP contribution in [0.25, 0.3) is 0 Å². The van der Waals surface area contributed by atoms with Crippen molar-refractivity contribution in [1.82, 2.24) is 15.0 Å². The Labute approximate surface area is 155 Å². The fraction of sp³-hybridized carbons (Fsp3) is 0.429. The van der Waals surface area contributed by atoms with Crippen LogP contribution < -0.4 is 4.74 Å². The van der Waals surface area contributed by atoms with E-state index in [1.54, 1.807) is 0 Å². The normalized spacial score (nSPS) is 16.9. The molecule has 5 heteroatoms. The van der Waals surface area contributed by atoms with Crippen molar-refractivity contribution in [3.05, 3.63) is 67.4 Å². The summed E-state index contributed by atoms with van der Waals surface area (Å²) in [5, 5.41) is 4.06. The number of nitrogens with zero attached hydrogens (tertiary/aromatic N) is 3. The third-order valence-corrected chi connectivity index (χ3v) is 4.99. The first-order valence-electron chi connectivity index (χ1n) is 9.22. The maximum absolute atomic E-state index is 5.69. The number of rotatable bonds is 9. The van der Waals surface area contributed by atoms with E-state index in [4.69, 9.17) is 9.26 Å². The summed E-state index contributed by atoms with van der Waals surface area (Å²) in [7, 11) is 0. The zero-order valence-corrected chi connectivity index (χ0v) is 15.3. The number of hydrogen-bond donors (Lipinski definition) is 0. The number of hydrogen-bond acceptors (Lipinski definition) is 5. The molecule has 0 bridgehead atoms. The van der Waals surface area contributed by atoms with Gasteiger partial charge < -0.3 is 9.26 Å². The van der Waals surface area contributed by atoms with Gasteiger partial charge in [0, 0.05) is 5.54 Å². The van der Waals surface area contributed by atoms with E-state index in [0.717, 1.165) is 31.6 Å². The van der Waals surface area contributed by atoms with Crippen LogP contribution in [0.2, 0.25) is 0 Å². The van der Waals surface area contributed by atoms with Crippen LogP contribution in [0.15, 0.2) is 60.2 Å². The molecule has 2 aromatic rings. The largest absolute Gasteiger partial charge is 0.485 e. The lowest BCUT2D eigenvalue weighted by molar-refractivity contribution is 0.0337. The molecule has 0 unspecified atom stereocenters. The number of likely N-dealkylation sites (tertiary alicyclic amines) is 1. The first kappa shape index (κ1) is 18.4. The minimum Gasteiger partial charge on any atom is -0.485 e. The minimum atomic E-state index is 0.0664. The molecule has 1 aromatic heterocycles. The van der Waals surface area contributed by atoms with Crippen LogP contribution in [-0.4, -0.2) is 27.1 Å². The molecule has 0 spiro atoms. The Kier molecular flexibility index (Phi) is 6.23. The van der Waals surface area contributed by atoms with Gasteiger partial charge in [0.2, 0.25) is 11.7 Å². The Bertz CT molecular complexity index is 701. The van der Waals surface area contributed by atoms with E-state index < -0.39 is 0 Å². The molecule has 1 aliphatic heterocycles. The molecular formula is C21H27N3O2. The molecule has 1 aromatic carbocycles. The molecule has 1 fully saturated rings. The van der Waals surface area contributed by atoms with Crippen LogP contribution in [0.5, 0.6) is 5.75 Å². The highest BCUT2D eigenvalue weighted by Crippen LogP contribution is 2.36. The van der Waals surface area contributed by atoms with Crippen molar-refractivity contribution in [2.45, 2.75) is 50.8 Å². The van der Waals surface area contributed by atoms with Crippen molar-refractivity contribution < 1.29 is 9.26 Å². The smallest absolute Gasteiger partial charge is 0.240 e. The molecule has 5 nitrogen and oxygen atoms in total. The van der Waals surface area contributed by atoms with E-state index in [-0.39, 0.29) is 5.54 Å². The first-order valence-corrected chi connectivity index (χ1v) is 9.22. The Morgan fingerprint density at radius 2 is 1.92 bits per heavy atom. The molecule has 2 heterocycles. The van der Waals surface area contributed by atoms with Crippen LogP contribution in [0.4, 0.5) is 0 Å². The number of ether oxygens (including phenoxy) is 1. The number of aromatic nitrogens is 2. The predicted octanol–water partition coefficient (Wildman–Crippen LogP) is 4.53. The van der Waals surface area contributed by atoms with Gasteiger partial charge in [-0.3, -0.25) is 4.90 Å². The molecule has 0 atom stereocenters. The summed E-state index contributed by atoms with van der Waals surface area (Å²) < 4.78 is 11.2. The topological polar surface area (TPSA) is 51.4 Å². The standard InChI is InChI=1S/C21H27N3O2/c1-3-12-21(13-4-2)14-8-9-15-24(21)16-20-22-19(23-26-20)17-25-18-10-6-5-7-11-18/h3-7,10-11H,1-2,8-9,12-17H2. The molecule has 0 N–H and O–H groups in total. The average molecular weight is 353 g/mol. The molecule has 138 valence electrons. The molecule has 0 radical (unpaired) electrons. The Hall–Kier alpha value is -2.40. The van der Waals surface area contributed by atoms with Crippen LogP contribution in [0.3, 0.4) is 0 Å². The minimum absolute atomic E-state index is 0.0664. The van der Waals surface area contributed by atoms with Gasteiger partial charge in [0.05, 0.1) is 6.54 Å². The van der Waals surface area contributed by atoms with Gasteiger partial charge in [-0.2, -0.15) is 4.98 Å². The zero-order valence-electron chi connectivity index (χ0n) is 15.3. The summed E-state index contributed by atoms with van der Waals surface area (Å²) >= 11 is 0. The summed E-state index contributed by atoms with van der Waals surface area (Å²) in [6.07, 6.45) is 9.47. The number of benzene rings is 1. The molecule has 3 rings (SSSR count). The molecule has 0 saturated carbocycles. The van der Waals surface area contributed by atoms with Gasteiger partial charge in [0.15, 0.2) is 6.61 Å². The predicted molar refractivity (Wildman–Crippen MR) is 102 cm³/mol. The highest BCUT2D eigenvalue weighted by molar-refractivity contribution is 5.20. The zero-order chi connectivity index (χ0) is 18.2. The summed E-state index contributed by atoms with van der Waals surface area (Å²) in [5.41, 5.74) is 0.0664. The van der Waals surface area contributed by atoms with E-state index in [1.807, 2.05) is 42.5 Å². The lowest BCUT2D eigenvalue weighted by Crippen LogP contribution is -2.50. The second-order valence-corrected chi connectivity index (χ2v) is 6.79. The Morgan fingerprint density at radius 3 is 2.65 bits per heavy atom. The maximum atomic E-state index is 5.69. The van der Waals surface area contributed by atoms with E-state index in [9.17, 15) is 0 Å². The fourth-order valence-electron chi connectivity index (χ4n) is 3.72. The first-order chi connectivity index (χ1) is 12.8. The summed E-state index contributed by atoms with van der Waals surface area (Å²) in [5.74, 6) is 2.00. The lowest BCUT2D eigenvalue weighted by Gasteiger charge is -2.46. The molecule has 0 aliphatic carbocycles. The Morgan fingerprint density at radius 1 is 1.15 bits per heavy atom. The van der Waals surface area contributed by atoms with Crippen molar-refractivity contribution >= 4 is 0 Å². The molecule has 1 saturated heterocycles. The van der Waals surface area contributed by atoms with Crippen molar-refractivity contribution in [2.75, 3.05) is 6.54 Å². The lowest BCUT2D eigenvalue weighted by atomic mass is 9.81. The molecule has 0 amide bonds. The molecule has 26 heavy (non-hydrogen) atoms. The van der Waals surface area contributed by atoms with Crippen molar-refractivity contribution in [1.29, 1.82) is 0 Å². The quantitative estimate of drug-likeness (QED) is 0.620. The van der Waals surface area contributed by atoms with Crippen molar-refractivity contribution in [3.63, 3.8) is 0 Å². The van der Waals surface area contributed by atoms with E-state index in [1.165, 1.54) is 12.8 Å². The van der Waals surface area contributed by atoms with Crippen molar-refractivity contribution in [2.24, 2.45) is 0 Å². The average Bonchev–Trinajstić information content (AvgIpc) is 3.11. The van der Waals surface area contributed by atoms with Gasteiger partial charge in [-0.1, -0.05) is 41.9 Å². The van der Waals surface area contributed by atoms with Crippen LogP contribution in [0, 0.1) is 0 Å². The number of piperidine rings is 1. The molecule has 1 aliphatic rings. The van der Waals surface area contributed by atoms with Gasteiger partial charge in [-0.15, -0.1) is 13.2 Å². The summed E-state index contributed by atoms with van der Waals surface area (Å²) in [4.78, 5) is 6.96. The maximum Gasteiger partial charge on any atom is 0.240 e. The summed E-state index contributed by atoms with van der Waals surface area (Å²) in [6.45, 7) is 9.89. The highest BCUT2D eigenvalue weighted by Gasteiger charge is 2.37. The van der Waals surface area contributed by atoms with Gasteiger partial charge in [0.25, 0.3) is 0 Å². The fourth-order valence-corrected chi connectivity index (χ4v) is 3.72. The molecular weight excluding hydrogens is 326 g/mol.